The average Bonchev–Trinajstić information content (AvgIpc) is 2.53. The molecule has 3 rings (SSSR count). The third-order valence-electron chi connectivity index (χ3n) is 5.41. The second kappa shape index (κ2) is 6.13. The Bertz CT molecular complexity index is 404. The molecule has 0 aromatic carbocycles. The molecule has 4 heteroatoms. The van der Waals surface area contributed by atoms with Gasteiger partial charge in [-0.3, -0.25) is 4.79 Å². The predicted octanol–water partition coefficient (Wildman–Crippen LogP) is 2.34. The summed E-state index contributed by atoms with van der Waals surface area (Å²) in [6.07, 6.45) is 8.35. The summed E-state index contributed by atoms with van der Waals surface area (Å²) in [6.45, 7) is 1.62. The zero-order valence-electron chi connectivity index (χ0n) is 12.1. The Morgan fingerprint density at radius 1 is 1.15 bits per heavy atom. The molecule has 0 spiro atoms. The highest BCUT2D eigenvalue weighted by Crippen LogP contribution is 2.43. The van der Waals surface area contributed by atoms with E-state index in [-0.39, 0.29) is 11.8 Å². The van der Waals surface area contributed by atoms with Gasteiger partial charge < -0.3 is 9.64 Å². The minimum absolute atomic E-state index is 0.201. The van der Waals surface area contributed by atoms with Gasteiger partial charge in [-0.1, -0.05) is 25.7 Å². The van der Waals surface area contributed by atoms with E-state index in [4.69, 9.17) is 10.00 Å². The first kappa shape index (κ1) is 13.9. The molecule has 0 N–H and O–H groups in total. The quantitative estimate of drug-likeness (QED) is 0.738. The number of ether oxygens (including phenoxy) is 1. The van der Waals surface area contributed by atoms with Crippen molar-refractivity contribution in [3.63, 3.8) is 0 Å². The number of hydrogen-bond acceptors (Lipinski definition) is 3. The molecule has 0 unspecified atom stereocenters. The summed E-state index contributed by atoms with van der Waals surface area (Å²) >= 11 is 0. The van der Waals surface area contributed by atoms with Gasteiger partial charge in [-0.15, -0.1) is 0 Å². The number of amides is 1. The molecule has 1 saturated heterocycles. The molecule has 0 radical (unpaired) electrons. The van der Waals surface area contributed by atoms with E-state index in [0.29, 0.717) is 19.7 Å². The molecule has 3 aliphatic rings. The lowest BCUT2D eigenvalue weighted by atomic mass is 9.67. The second-order valence-electron chi connectivity index (χ2n) is 6.59. The van der Waals surface area contributed by atoms with Gasteiger partial charge in [-0.2, -0.15) is 5.26 Å². The molecule has 4 nitrogen and oxygen atoms in total. The van der Waals surface area contributed by atoms with Gasteiger partial charge in [-0.05, 0) is 31.1 Å². The molecule has 110 valence electrons. The fourth-order valence-electron chi connectivity index (χ4n) is 4.28. The summed E-state index contributed by atoms with van der Waals surface area (Å²) in [5.74, 6) is 2.13. The number of rotatable bonds is 1. The van der Waals surface area contributed by atoms with Crippen molar-refractivity contribution in [2.75, 3.05) is 19.7 Å². The van der Waals surface area contributed by atoms with Crippen molar-refractivity contribution in [1.29, 1.82) is 5.26 Å². The lowest BCUT2D eigenvalue weighted by molar-refractivity contribution is -0.143. The largest absolute Gasteiger partial charge is 0.360 e. The fraction of sp³-hybridized carbons (Fsp3) is 0.875. The first-order chi connectivity index (χ1) is 9.78. The van der Waals surface area contributed by atoms with Crippen LogP contribution in [0.1, 0.15) is 44.9 Å². The minimum Gasteiger partial charge on any atom is -0.360 e. The fourth-order valence-corrected chi connectivity index (χ4v) is 4.28. The van der Waals surface area contributed by atoms with Gasteiger partial charge in [0.15, 0.2) is 6.10 Å². The number of morpholine rings is 1. The van der Waals surface area contributed by atoms with E-state index in [1.165, 1.54) is 32.1 Å². The highest BCUT2D eigenvalue weighted by Gasteiger charge is 2.37. The topological polar surface area (TPSA) is 53.3 Å². The molecule has 20 heavy (non-hydrogen) atoms. The predicted molar refractivity (Wildman–Crippen MR) is 74.7 cm³/mol. The van der Waals surface area contributed by atoms with Crippen LogP contribution in [0, 0.1) is 29.1 Å². The maximum absolute atomic E-state index is 12.7. The maximum atomic E-state index is 12.7. The molecule has 0 aromatic rings. The first-order valence-corrected chi connectivity index (χ1v) is 8.08. The summed E-state index contributed by atoms with van der Waals surface area (Å²) in [4.78, 5) is 14.5. The van der Waals surface area contributed by atoms with Crippen LogP contribution in [0.2, 0.25) is 0 Å². The molecule has 1 aliphatic heterocycles. The Kier molecular flexibility index (Phi) is 4.26. The van der Waals surface area contributed by atoms with Crippen LogP contribution in [-0.4, -0.2) is 36.6 Å². The van der Waals surface area contributed by atoms with E-state index in [2.05, 4.69) is 6.07 Å². The monoisotopic (exact) mass is 276 g/mol. The van der Waals surface area contributed by atoms with Gasteiger partial charge >= 0.3 is 0 Å². The standard InChI is InChI=1S/C16H24N2O2/c17-10-15-11-18(7-8-20-15)16(19)14-6-5-12-3-1-2-4-13(12)9-14/h12-15H,1-9,11H2/t12-,13+,14-,15-/m1/s1. The van der Waals surface area contributed by atoms with Crippen molar-refractivity contribution in [3.05, 3.63) is 0 Å². The molecule has 1 amide bonds. The zero-order valence-corrected chi connectivity index (χ0v) is 12.1. The normalized spacial score (nSPS) is 37.9. The third kappa shape index (κ3) is 2.83. The summed E-state index contributed by atoms with van der Waals surface area (Å²) in [5.41, 5.74) is 0. The van der Waals surface area contributed by atoms with Crippen molar-refractivity contribution < 1.29 is 9.53 Å². The highest BCUT2D eigenvalue weighted by atomic mass is 16.5. The molecule has 3 fully saturated rings. The Labute approximate surface area is 121 Å². The van der Waals surface area contributed by atoms with E-state index < -0.39 is 6.10 Å². The van der Waals surface area contributed by atoms with Crippen LogP contribution in [0.25, 0.3) is 0 Å². The number of hydrogen-bond donors (Lipinski definition) is 0. The molecule has 0 bridgehead atoms. The van der Waals surface area contributed by atoms with Gasteiger partial charge in [0.2, 0.25) is 5.91 Å². The third-order valence-corrected chi connectivity index (χ3v) is 5.41. The number of fused-ring (bicyclic) bond motifs is 1. The average molecular weight is 276 g/mol. The van der Waals surface area contributed by atoms with E-state index in [1.54, 1.807) is 0 Å². The van der Waals surface area contributed by atoms with Crippen molar-refractivity contribution >= 4 is 5.91 Å². The lowest BCUT2D eigenvalue weighted by Gasteiger charge is -2.41. The van der Waals surface area contributed by atoms with Crippen LogP contribution >= 0.6 is 0 Å². The van der Waals surface area contributed by atoms with Crippen LogP contribution in [-0.2, 0) is 9.53 Å². The van der Waals surface area contributed by atoms with E-state index in [9.17, 15) is 4.79 Å². The molecule has 1 heterocycles. The highest BCUT2D eigenvalue weighted by molar-refractivity contribution is 5.79. The van der Waals surface area contributed by atoms with Crippen molar-refractivity contribution in [3.8, 4) is 6.07 Å². The Hall–Kier alpha value is -1.08. The van der Waals surface area contributed by atoms with Crippen LogP contribution < -0.4 is 0 Å². The van der Waals surface area contributed by atoms with Gasteiger partial charge in [0.05, 0.1) is 19.2 Å². The van der Waals surface area contributed by atoms with Gasteiger partial charge in [-0.25, -0.2) is 0 Å². The summed E-state index contributed by atoms with van der Waals surface area (Å²) < 4.78 is 5.33. The Balaban J connectivity index is 1.58. The summed E-state index contributed by atoms with van der Waals surface area (Å²) in [7, 11) is 0. The van der Waals surface area contributed by atoms with E-state index in [0.717, 1.165) is 24.7 Å². The molecule has 0 aromatic heterocycles. The van der Waals surface area contributed by atoms with Gasteiger partial charge in [0.25, 0.3) is 0 Å². The summed E-state index contributed by atoms with van der Waals surface area (Å²) in [6, 6.07) is 2.12. The van der Waals surface area contributed by atoms with Gasteiger partial charge in [0.1, 0.15) is 0 Å². The lowest BCUT2D eigenvalue weighted by Crippen LogP contribution is -2.48. The number of carbonyl (C=O) groups excluding carboxylic acids is 1. The Morgan fingerprint density at radius 3 is 2.75 bits per heavy atom. The smallest absolute Gasteiger partial charge is 0.225 e. The molecule has 2 aliphatic carbocycles. The number of nitriles is 1. The number of nitrogens with zero attached hydrogens (tertiary/aromatic N) is 2. The van der Waals surface area contributed by atoms with Crippen LogP contribution in [0.15, 0.2) is 0 Å². The first-order valence-electron chi connectivity index (χ1n) is 8.08. The van der Waals surface area contributed by atoms with E-state index >= 15 is 0 Å². The maximum Gasteiger partial charge on any atom is 0.225 e. The van der Waals surface area contributed by atoms with Gasteiger partial charge in [0, 0.05) is 12.5 Å². The van der Waals surface area contributed by atoms with Crippen LogP contribution in [0.4, 0.5) is 0 Å². The molecule has 2 saturated carbocycles. The van der Waals surface area contributed by atoms with Crippen LogP contribution in [0.5, 0.6) is 0 Å². The molecule has 4 atom stereocenters. The SMILES string of the molecule is N#C[C@@H]1CN(C(=O)[C@@H]2CC[C@H]3CCCC[C@H]3C2)CCO1. The molecular weight excluding hydrogens is 252 g/mol. The zero-order chi connectivity index (χ0) is 13.9. The van der Waals surface area contributed by atoms with E-state index in [1.807, 2.05) is 4.90 Å². The second-order valence-corrected chi connectivity index (χ2v) is 6.59. The summed E-state index contributed by atoms with van der Waals surface area (Å²) in [5, 5.41) is 8.94. The van der Waals surface area contributed by atoms with Crippen molar-refractivity contribution in [1.82, 2.24) is 4.90 Å². The van der Waals surface area contributed by atoms with Crippen molar-refractivity contribution in [2.45, 2.75) is 51.0 Å². The Morgan fingerprint density at radius 2 is 1.95 bits per heavy atom. The van der Waals surface area contributed by atoms with Crippen LogP contribution in [0.3, 0.4) is 0 Å². The molecular formula is C16H24N2O2. The minimum atomic E-state index is -0.432. The van der Waals surface area contributed by atoms with Crippen molar-refractivity contribution in [2.24, 2.45) is 17.8 Å². The number of carbonyl (C=O) groups is 1.